The van der Waals surface area contributed by atoms with Gasteiger partial charge in [-0.2, -0.15) is 0 Å². The van der Waals surface area contributed by atoms with Gasteiger partial charge in [0.2, 0.25) is 0 Å². The van der Waals surface area contributed by atoms with Crippen LogP contribution in [0.25, 0.3) is 0 Å². The molecule has 3 atom stereocenters. The Hall–Kier alpha value is 0. The summed E-state index contributed by atoms with van der Waals surface area (Å²) >= 11 is 0. The van der Waals surface area contributed by atoms with Crippen LogP contribution in [0.5, 0.6) is 0 Å². The molecule has 0 aliphatic carbocycles. The number of hydrogen-bond acceptors (Lipinski definition) is 0. The molecule has 0 aromatic carbocycles. The summed E-state index contributed by atoms with van der Waals surface area (Å²) in [5.41, 5.74) is 0. The first kappa shape index (κ1) is 11.0. The lowest BCUT2D eigenvalue weighted by Crippen LogP contribution is -2.15. The zero-order valence-electron chi connectivity index (χ0n) is 8.85. The van der Waals surface area contributed by atoms with Gasteiger partial charge in [0.1, 0.15) is 0 Å². The average Bonchev–Trinajstić information content (AvgIpc) is 2.02. The standard InChI is InChI=1S/C11H24/c1-6-8-10(4)11(5)9(3)7-2/h9-11H,6-8H2,1-5H3. The topological polar surface area (TPSA) is 0 Å². The molecule has 0 nitrogen and oxygen atoms in total. The van der Waals surface area contributed by atoms with Crippen LogP contribution in [-0.2, 0) is 0 Å². The SMILES string of the molecule is CCCC(C)C(C)C(C)CC. The Balaban J connectivity index is 3.70. The smallest absolute Gasteiger partial charge is 0.0391 e. The van der Waals surface area contributed by atoms with Crippen LogP contribution in [0.4, 0.5) is 0 Å². The molecule has 3 unspecified atom stereocenters. The maximum absolute atomic E-state index is 2.40. The fraction of sp³-hybridized carbons (Fsp3) is 1.00. The lowest BCUT2D eigenvalue weighted by atomic mass is 9.81. The van der Waals surface area contributed by atoms with Gasteiger partial charge in [-0.3, -0.25) is 0 Å². The third kappa shape index (κ3) is 3.79. The van der Waals surface area contributed by atoms with Crippen molar-refractivity contribution >= 4 is 0 Å². The fourth-order valence-corrected chi connectivity index (χ4v) is 1.65. The molecule has 0 amide bonds. The maximum Gasteiger partial charge on any atom is -0.0391 e. The molecule has 11 heavy (non-hydrogen) atoms. The van der Waals surface area contributed by atoms with Crippen LogP contribution >= 0.6 is 0 Å². The van der Waals surface area contributed by atoms with E-state index in [1.54, 1.807) is 0 Å². The minimum atomic E-state index is 0.900. The van der Waals surface area contributed by atoms with Gasteiger partial charge in [-0.25, -0.2) is 0 Å². The van der Waals surface area contributed by atoms with E-state index in [4.69, 9.17) is 0 Å². The van der Waals surface area contributed by atoms with Crippen molar-refractivity contribution in [2.75, 3.05) is 0 Å². The minimum Gasteiger partial charge on any atom is -0.0654 e. The van der Waals surface area contributed by atoms with Crippen LogP contribution in [0.2, 0.25) is 0 Å². The zero-order chi connectivity index (χ0) is 8.85. The molecule has 0 fully saturated rings. The quantitative estimate of drug-likeness (QED) is 0.562. The van der Waals surface area contributed by atoms with Crippen LogP contribution in [0.3, 0.4) is 0 Å². The van der Waals surface area contributed by atoms with Crippen molar-refractivity contribution in [1.82, 2.24) is 0 Å². The summed E-state index contributed by atoms with van der Waals surface area (Å²) in [6, 6.07) is 0. The Morgan fingerprint density at radius 3 is 1.82 bits per heavy atom. The van der Waals surface area contributed by atoms with Crippen molar-refractivity contribution < 1.29 is 0 Å². The molecule has 0 aromatic rings. The van der Waals surface area contributed by atoms with E-state index in [-0.39, 0.29) is 0 Å². The highest BCUT2D eigenvalue weighted by Gasteiger charge is 2.16. The van der Waals surface area contributed by atoms with Gasteiger partial charge in [0.15, 0.2) is 0 Å². The Morgan fingerprint density at radius 2 is 1.45 bits per heavy atom. The van der Waals surface area contributed by atoms with Gasteiger partial charge < -0.3 is 0 Å². The fourth-order valence-electron chi connectivity index (χ4n) is 1.65. The van der Waals surface area contributed by atoms with Crippen LogP contribution in [0.1, 0.15) is 53.9 Å². The highest BCUT2D eigenvalue weighted by molar-refractivity contribution is 4.66. The Morgan fingerprint density at radius 1 is 0.909 bits per heavy atom. The third-order valence-corrected chi connectivity index (χ3v) is 3.18. The summed E-state index contributed by atoms with van der Waals surface area (Å²) in [7, 11) is 0. The van der Waals surface area contributed by atoms with Crippen molar-refractivity contribution in [3.05, 3.63) is 0 Å². The van der Waals surface area contributed by atoms with Gasteiger partial charge in [-0.15, -0.1) is 0 Å². The summed E-state index contributed by atoms with van der Waals surface area (Å²) in [4.78, 5) is 0. The first-order chi connectivity index (χ1) is 5.13. The molecule has 0 aliphatic rings. The Bertz CT molecular complexity index is 86.0. The molecule has 0 aromatic heterocycles. The van der Waals surface area contributed by atoms with E-state index in [0.29, 0.717) is 0 Å². The molecular weight excluding hydrogens is 132 g/mol. The molecule has 0 heteroatoms. The van der Waals surface area contributed by atoms with Crippen molar-refractivity contribution in [2.24, 2.45) is 17.8 Å². The summed E-state index contributed by atoms with van der Waals surface area (Å²) in [5.74, 6) is 2.71. The Kier molecular flexibility index (Phi) is 5.62. The van der Waals surface area contributed by atoms with Gasteiger partial charge in [-0.1, -0.05) is 53.9 Å². The first-order valence-corrected chi connectivity index (χ1v) is 5.13. The van der Waals surface area contributed by atoms with E-state index >= 15 is 0 Å². The molecule has 0 aliphatic heterocycles. The second-order valence-corrected chi connectivity index (χ2v) is 4.01. The van der Waals surface area contributed by atoms with E-state index in [1.807, 2.05) is 0 Å². The summed E-state index contributed by atoms with van der Waals surface area (Å²) in [6.07, 6.45) is 4.06. The highest BCUT2D eigenvalue weighted by atomic mass is 14.2. The molecule has 0 bridgehead atoms. The van der Waals surface area contributed by atoms with Crippen molar-refractivity contribution in [3.8, 4) is 0 Å². The van der Waals surface area contributed by atoms with Crippen molar-refractivity contribution in [2.45, 2.75) is 53.9 Å². The predicted molar refractivity (Wildman–Crippen MR) is 52.7 cm³/mol. The summed E-state index contributed by atoms with van der Waals surface area (Å²) < 4.78 is 0. The second-order valence-electron chi connectivity index (χ2n) is 4.01. The average molecular weight is 156 g/mol. The minimum absolute atomic E-state index is 0.900. The second kappa shape index (κ2) is 5.62. The molecule has 0 N–H and O–H groups in total. The lowest BCUT2D eigenvalue weighted by molar-refractivity contribution is 0.259. The molecule has 0 heterocycles. The summed E-state index contributed by atoms with van der Waals surface area (Å²) in [5, 5.41) is 0. The molecule has 68 valence electrons. The van der Waals surface area contributed by atoms with Gasteiger partial charge >= 0.3 is 0 Å². The van der Waals surface area contributed by atoms with E-state index < -0.39 is 0 Å². The predicted octanol–water partition coefficient (Wildman–Crippen LogP) is 4.10. The molecule has 0 saturated heterocycles. The zero-order valence-corrected chi connectivity index (χ0v) is 8.85. The highest BCUT2D eigenvalue weighted by Crippen LogP contribution is 2.25. The third-order valence-electron chi connectivity index (χ3n) is 3.18. The van der Waals surface area contributed by atoms with Crippen LogP contribution in [0.15, 0.2) is 0 Å². The van der Waals surface area contributed by atoms with Gasteiger partial charge in [0, 0.05) is 0 Å². The van der Waals surface area contributed by atoms with Gasteiger partial charge in [0.05, 0.1) is 0 Å². The molecule has 0 spiro atoms. The monoisotopic (exact) mass is 156 g/mol. The number of rotatable bonds is 5. The van der Waals surface area contributed by atoms with E-state index in [2.05, 4.69) is 34.6 Å². The largest absolute Gasteiger partial charge is 0.0654 e. The van der Waals surface area contributed by atoms with Crippen molar-refractivity contribution in [3.63, 3.8) is 0 Å². The van der Waals surface area contributed by atoms with E-state index in [0.717, 1.165) is 17.8 Å². The molecule has 0 saturated carbocycles. The summed E-state index contributed by atoms with van der Waals surface area (Å²) in [6.45, 7) is 11.7. The van der Waals surface area contributed by atoms with E-state index in [9.17, 15) is 0 Å². The van der Waals surface area contributed by atoms with Crippen molar-refractivity contribution in [1.29, 1.82) is 0 Å². The van der Waals surface area contributed by atoms with E-state index in [1.165, 1.54) is 19.3 Å². The van der Waals surface area contributed by atoms with Gasteiger partial charge in [-0.05, 0) is 17.8 Å². The van der Waals surface area contributed by atoms with Gasteiger partial charge in [0.25, 0.3) is 0 Å². The Labute approximate surface area is 72.4 Å². The molecule has 0 radical (unpaired) electrons. The number of hydrogen-bond donors (Lipinski definition) is 0. The maximum atomic E-state index is 2.40. The lowest BCUT2D eigenvalue weighted by Gasteiger charge is -2.24. The molecule has 0 rings (SSSR count). The van der Waals surface area contributed by atoms with Crippen LogP contribution in [0, 0.1) is 17.8 Å². The first-order valence-electron chi connectivity index (χ1n) is 5.13. The normalized spacial score (nSPS) is 19.4. The molecular formula is C11H24. The van der Waals surface area contributed by atoms with Crippen LogP contribution < -0.4 is 0 Å². The van der Waals surface area contributed by atoms with Crippen LogP contribution in [-0.4, -0.2) is 0 Å².